The quantitative estimate of drug-likeness (QED) is 0.635. The Bertz CT molecular complexity index is 961. The summed E-state index contributed by atoms with van der Waals surface area (Å²) in [5.74, 6) is -0.482. The summed E-state index contributed by atoms with van der Waals surface area (Å²) < 4.78 is 36.4. The fourth-order valence-corrected chi connectivity index (χ4v) is 3.30. The van der Waals surface area contributed by atoms with Gasteiger partial charge in [-0.3, -0.25) is 14.7 Å². The second kappa shape index (κ2) is 6.23. The van der Waals surface area contributed by atoms with Gasteiger partial charge in [0.25, 0.3) is 5.56 Å². The summed E-state index contributed by atoms with van der Waals surface area (Å²) in [6.45, 7) is 1.14. The van der Waals surface area contributed by atoms with E-state index in [0.29, 0.717) is 36.3 Å². The van der Waals surface area contributed by atoms with Crippen LogP contribution in [0.2, 0.25) is 5.15 Å². The first-order valence-corrected chi connectivity index (χ1v) is 9.35. The predicted octanol–water partition coefficient (Wildman–Crippen LogP) is 0.919. The van der Waals surface area contributed by atoms with Crippen LogP contribution in [0, 0.1) is 5.82 Å². The largest absolute Gasteiger partial charge is 0.297 e. The number of rotatable bonds is 3. The van der Waals surface area contributed by atoms with Crippen molar-refractivity contribution in [3.63, 3.8) is 0 Å². The number of pyridine rings is 1. The third-order valence-electron chi connectivity index (χ3n) is 3.75. The average Bonchev–Trinajstić information content (AvgIpc) is 2.50. The summed E-state index contributed by atoms with van der Waals surface area (Å²) in [4.78, 5) is 24.2. The lowest BCUT2D eigenvalue weighted by Crippen LogP contribution is -2.36. The summed E-state index contributed by atoms with van der Waals surface area (Å²) in [6.07, 6.45) is 2.45. The molecule has 0 atom stereocenters. The van der Waals surface area contributed by atoms with Crippen LogP contribution >= 0.6 is 11.6 Å². The minimum absolute atomic E-state index is 0.210. The van der Waals surface area contributed by atoms with Gasteiger partial charge in [0.15, 0.2) is 0 Å². The number of nitrogens with one attached hydrogen (secondary N) is 1. The van der Waals surface area contributed by atoms with E-state index in [0.717, 1.165) is 12.5 Å². The van der Waals surface area contributed by atoms with Crippen molar-refractivity contribution >= 4 is 21.4 Å². The molecule has 0 aliphatic carbocycles. The van der Waals surface area contributed by atoms with Gasteiger partial charge in [-0.25, -0.2) is 22.8 Å². The van der Waals surface area contributed by atoms with Crippen molar-refractivity contribution in [3.8, 4) is 0 Å². The maximum Gasteiger partial charge on any atom is 0.256 e. The zero-order valence-corrected chi connectivity index (χ0v) is 14.3. The van der Waals surface area contributed by atoms with Gasteiger partial charge < -0.3 is 0 Å². The molecule has 1 aliphatic rings. The van der Waals surface area contributed by atoms with Crippen LogP contribution in [-0.4, -0.2) is 41.1 Å². The van der Waals surface area contributed by atoms with Crippen LogP contribution in [0.15, 0.2) is 22.2 Å². The highest BCUT2D eigenvalue weighted by Gasteiger charge is 2.24. The molecule has 0 unspecified atom stereocenters. The van der Waals surface area contributed by atoms with E-state index in [1.807, 2.05) is 4.90 Å². The molecule has 10 heteroatoms. The lowest BCUT2D eigenvalue weighted by molar-refractivity contribution is 0.240. The fraction of sp³-hybridized carbons (Fsp3) is 0.357. The molecule has 24 heavy (non-hydrogen) atoms. The molecule has 2 aromatic heterocycles. The number of halogens is 2. The van der Waals surface area contributed by atoms with Gasteiger partial charge in [-0.1, -0.05) is 11.6 Å². The molecule has 0 aromatic carbocycles. The van der Waals surface area contributed by atoms with Gasteiger partial charge in [-0.15, -0.1) is 0 Å². The Kier molecular flexibility index (Phi) is 4.41. The van der Waals surface area contributed by atoms with Crippen LogP contribution in [-0.2, 0) is 29.3 Å². The van der Waals surface area contributed by atoms with E-state index in [2.05, 4.69) is 15.0 Å². The molecule has 0 saturated carbocycles. The number of H-pyrrole nitrogens is 1. The third kappa shape index (κ3) is 3.47. The van der Waals surface area contributed by atoms with Gasteiger partial charge in [0.2, 0.25) is 15.0 Å². The van der Waals surface area contributed by atoms with E-state index in [1.165, 1.54) is 6.07 Å². The second-order valence-corrected chi connectivity index (χ2v) is 7.92. The lowest BCUT2D eigenvalue weighted by atomic mass is 10.1. The number of nitrogens with zero attached hydrogens (tertiary/aromatic N) is 3. The van der Waals surface area contributed by atoms with Crippen molar-refractivity contribution in [1.29, 1.82) is 0 Å². The molecule has 1 aliphatic heterocycles. The number of hydrogen-bond donors (Lipinski definition) is 1. The van der Waals surface area contributed by atoms with Gasteiger partial charge in [0, 0.05) is 37.9 Å². The van der Waals surface area contributed by atoms with Crippen molar-refractivity contribution in [1.82, 2.24) is 19.9 Å². The van der Waals surface area contributed by atoms with Crippen molar-refractivity contribution in [2.45, 2.75) is 24.7 Å². The van der Waals surface area contributed by atoms with Gasteiger partial charge in [-0.2, -0.15) is 0 Å². The van der Waals surface area contributed by atoms with Crippen LogP contribution in [0.1, 0.15) is 16.8 Å². The van der Waals surface area contributed by atoms with E-state index >= 15 is 0 Å². The topological polar surface area (TPSA) is 96.0 Å². The molecular weight excluding hydrogens is 359 g/mol. The first-order valence-electron chi connectivity index (χ1n) is 7.08. The van der Waals surface area contributed by atoms with E-state index in [-0.39, 0.29) is 16.9 Å². The number of aromatic nitrogens is 3. The molecule has 7 nitrogen and oxygen atoms in total. The summed E-state index contributed by atoms with van der Waals surface area (Å²) in [5, 5.41) is -0.112. The lowest BCUT2D eigenvalue weighted by Gasteiger charge is -2.27. The van der Waals surface area contributed by atoms with Gasteiger partial charge >= 0.3 is 0 Å². The SMILES string of the molecule is CS(=O)(=O)c1nc2c(c(=O)[nH]1)CN(Cc1cc(F)cnc1Cl)CC2. The molecular formula is C14H14ClFN4O3S. The maximum atomic E-state index is 13.3. The van der Waals surface area contributed by atoms with Crippen LogP contribution < -0.4 is 5.56 Å². The Morgan fingerprint density at radius 3 is 2.92 bits per heavy atom. The zero-order valence-electron chi connectivity index (χ0n) is 12.7. The van der Waals surface area contributed by atoms with Crippen LogP contribution in [0.4, 0.5) is 4.39 Å². The monoisotopic (exact) mass is 372 g/mol. The molecule has 0 fully saturated rings. The Labute approximate surface area is 142 Å². The molecule has 0 radical (unpaired) electrons. The first-order chi connectivity index (χ1) is 11.2. The van der Waals surface area contributed by atoms with E-state index < -0.39 is 21.2 Å². The summed E-state index contributed by atoms with van der Waals surface area (Å²) in [6, 6.07) is 1.31. The first kappa shape index (κ1) is 17.0. The molecule has 2 aromatic rings. The van der Waals surface area contributed by atoms with E-state index in [4.69, 9.17) is 11.6 Å². The highest BCUT2D eigenvalue weighted by atomic mass is 35.5. The van der Waals surface area contributed by atoms with E-state index in [9.17, 15) is 17.6 Å². The average molecular weight is 373 g/mol. The van der Waals surface area contributed by atoms with Gasteiger partial charge in [0.1, 0.15) is 11.0 Å². The van der Waals surface area contributed by atoms with Crippen LogP contribution in [0.25, 0.3) is 0 Å². The standard InChI is InChI=1S/C14H14ClFN4O3S/c1-24(22,23)14-18-11-2-3-20(7-10(11)13(21)19-14)6-8-4-9(16)5-17-12(8)15/h4-5H,2-3,6-7H2,1H3,(H,18,19,21). The Hall–Kier alpha value is -1.84. The number of hydrogen-bond acceptors (Lipinski definition) is 6. The minimum Gasteiger partial charge on any atom is -0.297 e. The molecule has 0 bridgehead atoms. The molecule has 1 N–H and O–H groups in total. The van der Waals surface area contributed by atoms with Gasteiger partial charge in [0.05, 0.1) is 17.5 Å². The molecule has 0 spiro atoms. The van der Waals surface area contributed by atoms with Crippen LogP contribution in [0.3, 0.4) is 0 Å². The molecule has 3 rings (SSSR count). The number of aromatic amines is 1. The Morgan fingerprint density at radius 1 is 1.46 bits per heavy atom. The molecule has 0 saturated heterocycles. The summed E-state index contributed by atoms with van der Waals surface area (Å²) >= 11 is 5.97. The highest BCUT2D eigenvalue weighted by molar-refractivity contribution is 7.90. The third-order valence-corrected chi connectivity index (χ3v) is 4.99. The van der Waals surface area contributed by atoms with E-state index in [1.54, 1.807) is 0 Å². The van der Waals surface area contributed by atoms with Crippen molar-refractivity contribution in [3.05, 3.63) is 50.4 Å². The van der Waals surface area contributed by atoms with Gasteiger partial charge in [-0.05, 0) is 6.07 Å². The Balaban J connectivity index is 1.87. The highest BCUT2D eigenvalue weighted by Crippen LogP contribution is 2.20. The molecule has 128 valence electrons. The Morgan fingerprint density at radius 2 is 2.21 bits per heavy atom. The van der Waals surface area contributed by atoms with Crippen molar-refractivity contribution < 1.29 is 12.8 Å². The minimum atomic E-state index is -3.58. The molecule has 0 amide bonds. The predicted molar refractivity (Wildman–Crippen MR) is 85.0 cm³/mol. The van der Waals surface area contributed by atoms with Crippen LogP contribution in [0.5, 0.6) is 0 Å². The second-order valence-electron chi connectivity index (χ2n) is 5.63. The smallest absolute Gasteiger partial charge is 0.256 e. The zero-order chi connectivity index (χ0) is 17.5. The fourth-order valence-electron chi connectivity index (χ4n) is 2.59. The maximum absolute atomic E-state index is 13.3. The number of sulfone groups is 1. The summed E-state index contributed by atoms with van der Waals surface area (Å²) in [5.41, 5.74) is 0.930. The molecule has 3 heterocycles. The normalized spacial score (nSPS) is 15.3. The summed E-state index contributed by atoms with van der Waals surface area (Å²) in [7, 11) is -3.58. The van der Waals surface area contributed by atoms with Crippen molar-refractivity contribution in [2.75, 3.05) is 12.8 Å². The van der Waals surface area contributed by atoms with Crippen molar-refractivity contribution in [2.24, 2.45) is 0 Å². The number of fused-ring (bicyclic) bond motifs is 1.